The maximum atomic E-state index is 2.68. The van der Waals surface area contributed by atoms with Gasteiger partial charge in [-0.15, -0.1) is 24.8 Å². The van der Waals surface area contributed by atoms with E-state index in [0.717, 1.165) is 19.0 Å². The molecule has 0 saturated carbocycles. The first-order valence-corrected chi connectivity index (χ1v) is 12.1. The van der Waals surface area contributed by atoms with E-state index >= 15 is 0 Å². The minimum atomic E-state index is 0. The van der Waals surface area contributed by atoms with Gasteiger partial charge in [-0.05, 0) is 94.0 Å². The van der Waals surface area contributed by atoms with E-state index in [2.05, 4.69) is 78.0 Å². The molecule has 1 aromatic heterocycles. The molecule has 0 unspecified atom stereocenters. The molecule has 4 nitrogen and oxygen atoms in total. The summed E-state index contributed by atoms with van der Waals surface area (Å²) in [7, 11) is 6.71. The highest BCUT2D eigenvalue weighted by Crippen LogP contribution is 2.31. The van der Waals surface area contributed by atoms with Gasteiger partial charge in [0, 0.05) is 42.7 Å². The molecule has 0 bridgehead atoms. The third-order valence-electron chi connectivity index (χ3n) is 7.80. The Morgan fingerprint density at radius 3 is 2.29 bits per heavy atom. The van der Waals surface area contributed by atoms with E-state index in [-0.39, 0.29) is 30.3 Å². The van der Waals surface area contributed by atoms with Crippen molar-refractivity contribution >= 4 is 35.7 Å². The second-order valence-corrected chi connectivity index (χ2v) is 9.96. The Bertz CT molecular complexity index is 1070. The molecule has 2 aromatic carbocycles. The van der Waals surface area contributed by atoms with E-state index < -0.39 is 0 Å². The van der Waals surface area contributed by atoms with E-state index in [1.165, 1.54) is 73.8 Å². The van der Waals surface area contributed by atoms with Gasteiger partial charge in [-0.25, -0.2) is 0 Å². The van der Waals surface area contributed by atoms with Crippen LogP contribution in [0, 0.1) is 0 Å². The summed E-state index contributed by atoms with van der Waals surface area (Å²) < 4.78 is 2.46. The number of rotatable bonds is 5. The Balaban J connectivity index is 0.00000136. The van der Waals surface area contributed by atoms with Gasteiger partial charge < -0.3 is 14.9 Å². The molecule has 1 fully saturated rings. The third kappa shape index (κ3) is 5.80. The molecule has 1 aliphatic carbocycles. The fourth-order valence-corrected chi connectivity index (χ4v) is 5.83. The van der Waals surface area contributed by atoms with E-state index in [1.807, 2.05) is 0 Å². The lowest BCUT2D eigenvalue weighted by molar-refractivity contribution is 0.140. The van der Waals surface area contributed by atoms with Gasteiger partial charge >= 0.3 is 0 Å². The van der Waals surface area contributed by atoms with Crippen LogP contribution in [0.15, 0.2) is 42.5 Å². The van der Waals surface area contributed by atoms with Crippen molar-refractivity contribution in [3.05, 3.63) is 70.4 Å². The van der Waals surface area contributed by atoms with E-state index in [9.17, 15) is 0 Å². The van der Waals surface area contributed by atoms with Crippen LogP contribution in [0.1, 0.15) is 53.6 Å². The fourth-order valence-electron chi connectivity index (χ4n) is 5.83. The van der Waals surface area contributed by atoms with Gasteiger partial charge in [0.1, 0.15) is 0 Å². The zero-order valence-corrected chi connectivity index (χ0v) is 22.5. The van der Waals surface area contributed by atoms with Crippen LogP contribution < -0.4 is 0 Å². The standard InChI is InChI=1S/C28H37N3.2ClH.H2O/c1-29(2)24-14-16-31(17-15-24)20-26-25-10-6-7-11-27(25)30(3)28(26)19-21-12-13-22-8-4-5-9-23(22)18-21;;;/h6-7,10-13,18,24H,4-5,8-9,14-17,19-20H2,1-3H3;2*1H;1H2. The van der Waals surface area contributed by atoms with Crippen molar-refractivity contribution in [2.45, 2.75) is 57.5 Å². The molecule has 0 spiro atoms. The molecular formula is C28H41Cl2N3O. The summed E-state index contributed by atoms with van der Waals surface area (Å²) in [4.78, 5) is 5.08. The summed E-state index contributed by atoms with van der Waals surface area (Å²) in [6, 6.07) is 17.0. The van der Waals surface area contributed by atoms with Crippen molar-refractivity contribution < 1.29 is 5.48 Å². The summed E-state index contributed by atoms with van der Waals surface area (Å²) >= 11 is 0. The molecule has 6 heteroatoms. The first kappa shape index (κ1) is 28.7. The number of benzene rings is 2. The highest BCUT2D eigenvalue weighted by atomic mass is 35.5. The highest BCUT2D eigenvalue weighted by Gasteiger charge is 2.23. The molecule has 5 rings (SSSR count). The molecule has 0 radical (unpaired) electrons. The van der Waals surface area contributed by atoms with Gasteiger partial charge in [-0.1, -0.05) is 36.4 Å². The predicted octanol–water partition coefficient (Wildman–Crippen LogP) is 5.19. The number of aromatic nitrogens is 1. The average Bonchev–Trinajstić information content (AvgIpc) is 3.05. The number of para-hydroxylation sites is 1. The second-order valence-electron chi connectivity index (χ2n) is 9.96. The number of piperidine rings is 1. The van der Waals surface area contributed by atoms with Crippen LogP contribution >= 0.6 is 24.8 Å². The minimum Gasteiger partial charge on any atom is -0.412 e. The number of likely N-dealkylation sites (tertiary alicyclic amines) is 1. The van der Waals surface area contributed by atoms with Crippen molar-refractivity contribution in [1.29, 1.82) is 0 Å². The molecular weight excluding hydrogens is 465 g/mol. The van der Waals surface area contributed by atoms with Gasteiger partial charge in [0.2, 0.25) is 0 Å². The molecule has 1 aliphatic heterocycles. The van der Waals surface area contributed by atoms with Crippen LogP contribution in [0.3, 0.4) is 0 Å². The topological polar surface area (TPSA) is 42.9 Å². The Morgan fingerprint density at radius 1 is 0.912 bits per heavy atom. The first-order valence-electron chi connectivity index (χ1n) is 12.1. The monoisotopic (exact) mass is 505 g/mol. The van der Waals surface area contributed by atoms with Crippen LogP contribution in [0.25, 0.3) is 10.9 Å². The van der Waals surface area contributed by atoms with E-state index in [4.69, 9.17) is 0 Å². The quantitative estimate of drug-likeness (QED) is 0.478. The summed E-state index contributed by atoms with van der Waals surface area (Å²) in [5.74, 6) is 0. The van der Waals surface area contributed by atoms with Crippen LogP contribution in [-0.4, -0.2) is 53.1 Å². The van der Waals surface area contributed by atoms with Gasteiger partial charge in [0.15, 0.2) is 0 Å². The number of hydrogen-bond acceptors (Lipinski definition) is 2. The molecule has 2 N–H and O–H groups in total. The lowest BCUT2D eigenvalue weighted by Gasteiger charge is -2.35. The van der Waals surface area contributed by atoms with Crippen molar-refractivity contribution in [3.8, 4) is 0 Å². The van der Waals surface area contributed by atoms with Gasteiger partial charge in [0.05, 0.1) is 0 Å². The minimum absolute atomic E-state index is 0. The number of fused-ring (bicyclic) bond motifs is 2. The lowest BCUT2D eigenvalue weighted by atomic mass is 9.89. The summed E-state index contributed by atoms with van der Waals surface area (Å²) in [6.45, 7) is 3.47. The SMILES string of the molecule is CN(C)C1CCN(Cc2c(Cc3ccc4c(c3)CCCC4)n(C)c3ccccc23)CC1.Cl.Cl.O. The molecule has 1 saturated heterocycles. The average molecular weight is 507 g/mol. The summed E-state index contributed by atoms with van der Waals surface area (Å²) in [6.07, 6.45) is 8.80. The van der Waals surface area contributed by atoms with E-state index in [1.54, 1.807) is 16.7 Å². The largest absolute Gasteiger partial charge is 0.412 e. The van der Waals surface area contributed by atoms with Crippen LogP contribution in [0.5, 0.6) is 0 Å². The number of aryl methyl sites for hydroxylation is 3. The Hall–Kier alpha value is -1.56. The molecule has 2 aliphatic rings. The number of halogens is 2. The van der Waals surface area contributed by atoms with Crippen LogP contribution in [0.2, 0.25) is 0 Å². The van der Waals surface area contributed by atoms with Crippen molar-refractivity contribution in [3.63, 3.8) is 0 Å². The third-order valence-corrected chi connectivity index (χ3v) is 7.80. The van der Waals surface area contributed by atoms with Crippen LogP contribution in [0.4, 0.5) is 0 Å². The molecule has 34 heavy (non-hydrogen) atoms. The lowest BCUT2D eigenvalue weighted by Crippen LogP contribution is -2.41. The predicted molar refractivity (Wildman–Crippen MR) is 149 cm³/mol. The molecule has 188 valence electrons. The maximum Gasteiger partial charge on any atom is 0.0483 e. The molecule has 0 atom stereocenters. The second kappa shape index (κ2) is 12.4. The molecule has 3 aromatic rings. The van der Waals surface area contributed by atoms with Crippen molar-refractivity contribution in [2.75, 3.05) is 27.2 Å². The smallest absolute Gasteiger partial charge is 0.0483 e. The van der Waals surface area contributed by atoms with Crippen LogP contribution in [-0.2, 0) is 32.9 Å². The summed E-state index contributed by atoms with van der Waals surface area (Å²) in [5, 5.41) is 1.44. The zero-order valence-electron chi connectivity index (χ0n) is 20.8. The Morgan fingerprint density at radius 2 is 1.59 bits per heavy atom. The highest BCUT2D eigenvalue weighted by molar-refractivity contribution is 5.86. The Kier molecular flexibility index (Phi) is 10.5. The van der Waals surface area contributed by atoms with Gasteiger partial charge in [0.25, 0.3) is 0 Å². The Labute approximate surface area is 217 Å². The van der Waals surface area contributed by atoms with Gasteiger partial charge in [-0.3, -0.25) is 4.90 Å². The zero-order chi connectivity index (χ0) is 21.4. The van der Waals surface area contributed by atoms with Crippen molar-refractivity contribution in [1.82, 2.24) is 14.4 Å². The van der Waals surface area contributed by atoms with Gasteiger partial charge in [-0.2, -0.15) is 0 Å². The maximum absolute atomic E-state index is 2.68. The summed E-state index contributed by atoms with van der Waals surface area (Å²) in [5.41, 5.74) is 9.05. The number of nitrogens with zero attached hydrogens (tertiary/aromatic N) is 3. The van der Waals surface area contributed by atoms with Crippen molar-refractivity contribution in [2.24, 2.45) is 7.05 Å². The fraction of sp³-hybridized carbons (Fsp3) is 0.500. The number of hydrogen-bond donors (Lipinski definition) is 0. The molecule has 2 heterocycles. The first-order chi connectivity index (χ1) is 15.1. The van der Waals surface area contributed by atoms with E-state index in [0.29, 0.717) is 0 Å². The molecule has 0 amide bonds. The normalized spacial score (nSPS) is 16.5.